The minimum absolute atomic E-state index is 0.273. The van der Waals surface area contributed by atoms with E-state index in [0.717, 1.165) is 6.29 Å². The summed E-state index contributed by atoms with van der Waals surface area (Å²) in [6, 6.07) is 0. The molecule has 0 radical (unpaired) electrons. The number of aliphatic hydroxyl groups excluding tert-OH is 1. The lowest BCUT2D eigenvalue weighted by molar-refractivity contribution is -0.134. The van der Waals surface area contributed by atoms with Crippen LogP contribution >= 0.6 is 0 Å². The van der Waals surface area contributed by atoms with Crippen molar-refractivity contribution in [1.29, 1.82) is 0 Å². The second-order valence-corrected chi connectivity index (χ2v) is 3.74. The standard InChI is InChI=1S/C12H20O4/c1-4-12(5-2,9-13)10(14)7-6-8-11(15)16-3/h6,8-10,14H,4-5,7H2,1-3H3/b8-6+. The van der Waals surface area contributed by atoms with E-state index in [-0.39, 0.29) is 6.42 Å². The summed E-state index contributed by atoms with van der Waals surface area (Å²) in [5.41, 5.74) is -0.708. The Morgan fingerprint density at radius 1 is 1.44 bits per heavy atom. The zero-order valence-electron chi connectivity index (χ0n) is 10.1. The van der Waals surface area contributed by atoms with E-state index in [9.17, 15) is 14.7 Å². The molecule has 0 rings (SSSR count). The Hall–Kier alpha value is -1.16. The number of carbonyl (C=O) groups excluding carboxylic acids is 2. The third-order valence-corrected chi connectivity index (χ3v) is 3.03. The molecule has 1 N–H and O–H groups in total. The molecule has 0 aliphatic rings. The number of aldehydes is 1. The van der Waals surface area contributed by atoms with Crippen LogP contribution in [0, 0.1) is 5.41 Å². The van der Waals surface area contributed by atoms with Crippen LogP contribution in [0.1, 0.15) is 33.1 Å². The fourth-order valence-corrected chi connectivity index (χ4v) is 1.56. The number of methoxy groups -OCH3 is 1. The molecule has 16 heavy (non-hydrogen) atoms. The van der Waals surface area contributed by atoms with Crippen LogP contribution in [0.3, 0.4) is 0 Å². The summed E-state index contributed by atoms with van der Waals surface area (Å²) < 4.78 is 4.42. The number of esters is 1. The van der Waals surface area contributed by atoms with Gasteiger partial charge in [0.15, 0.2) is 0 Å². The molecule has 0 aromatic carbocycles. The van der Waals surface area contributed by atoms with Crippen molar-refractivity contribution in [2.75, 3.05) is 7.11 Å². The maximum absolute atomic E-state index is 11.0. The molecular weight excluding hydrogens is 208 g/mol. The summed E-state index contributed by atoms with van der Waals surface area (Å²) in [5.74, 6) is -0.461. The Bertz CT molecular complexity index is 254. The third kappa shape index (κ3) is 3.77. The molecule has 0 amide bonds. The molecule has 0 aliphatic carbocycles. The van der Waals surface area contributed by atoms with E-state index in [1.54, 1.807) is 0 Å². The summed E-state index contributed by atoms with van der Waals surface area (Å²) in [4.78, 5) is 21.8. The minimum atomic E-state index is -0.763. The van der Waals surface area contributed by atoms with Crippen molar-refractivity contribution in [3.63, 3.8) is 0 Å². The first kappa shape index (κ1) is 14.8. The van der Waals surface area contributed by atoms with E-state index < -0.39 is 17.5 Å². The van der Waals surface area contributed by atoms with Gasteiger partial charge >= 0.3 is 5.97 Å². The van der Waals surface area contributed by atoms with Gasteiger partial charge in [0.05, 0.1) is 18.6 Å². The normalized spacial score (nSPS) is 13.8. The van der Waals surface area contributed by atoms with Crippen LogP contribution in [-0.2, 0) is 14.3 Å². The lowest BCUT2D eigenvalue weighted by Crippen LogP contribution is -2.35. The second kappa shape index (κ2) is 7.17. The van der Waals surface area contributed by atoms with Crippen LogP contribution in [0.5, 0.6) is 0 Å². The molecule has 4 nitrogen and oxygen atoms in total. The van der Waals surface area contributed by atoms with E-state index in [4.69, 9.17) is 0 Å². The van der Waals surface area contributed by atoms with Crippen LogP contribution < -0.4 is 0 Å². The highest BCUT2D eigenvalue weighted by Crippen LogP contribution is 2.30. The number of carbonyl (C=O) groups is 2. The highest BCUT2D eigenvalue weighted by molar-refractivity contribution is 5.81. The lowest BCUT2D eigenvalue weighted by Gasteiger charge is -2.30. The average molecular weight is 228 g/mol. The number of hydrogen-bond donors (Lipinski definition) is 1. The van der Waals surface area contributed by atoms with E-state index >= 15 is 0 Å². The highest BCUT2D eigenvalue weighted by atomic mass is 16.5. The quantitative estimate of drug-likeness (QED) is 0.407. The molecule has 0 aliphatic heterocycles. The van der Waals surface area contributed by atoms with Crippen molar-refractivity contribution in [3.8, 4) is 0 Å². The summed E-state index contributed by atoms with van der Waals surface area (Å²) >= 11 is 0. The van der Waals surface area contributed by atoms with Crippen molar-refractivity contribution in [3.05, 3.63) is 12.2 Å². The molecule has 1 unspecified atom stereocenters. The van der Waals surface area contributed by atoms with Gasteiger partial charge in [0.1, 0.15) is 6.29 Å². The van der Waals surface area contributed by atoms with Gasteiger partial charge < -0.3 is 14.6 Å². The van der Waals surface area contributed by atoms with Gasteiger partial charge in [-0.05, 0) is 19.3 Å². The van der Waals surface area contributed by atoms with Crippen LogP contribution in [0.15, 0.2) is 12.2 Å². The fraction of sp³-hybridized carbons (Fsp3) is 0.667. The van der Waals surface area contributed by atoms with E-state index in [1.807, 2.05) is 13.8 Å². The van der Waals surface area contributed by atoms with Crippen molar-refractivity contribution in [2.45, 2.75) is 39.2 Å². The van der Waals surface area contributed by atoms with Crippen molar-refractivity contribution in [1.82, 2.24) is 0 Å². The monoisotopic (exact) mass is 228 g/mol. The van der Waals surface area contributed by atoms with E-state index in [0.29, 0.717) is 12.8 Å². The van der Waals surface area contributed by atoms with Gasteiger partial charge in [-0.25, -0.2) is 4.79 Å². The highest BCUT2D eigenvalue weighted by Gasteiger charge is 2.33. The molecule has 0 bridgehead atoms. The second-order valence-electron chi connectivity index (χ2n) is 3.74. The fourth-order valence-electron chi connectivity index (χ4n) is 1.56. The Labute approximate surface area is 96.3 Å². The van der Waals surface area contributed by atoms with Crippen LogP contribution in [0.4, 0.5) is 0 Å². The SMILES string of the molecule is CCC(C=O)(CC)C(O)C/C=C/C(=O)OC. The van der Waals surface area contributed by atoms with Gasteiger partial charge in [-0.15, -0.1) is 0 Å². The summed E-state index contributed by atoms with van der Waals surface area (Å²) in [7, 11) is 1.29. The first-order chi connectivity index (χ1) is 7.56. The van der Waals surface area contributed by atoms with E-state index in [1.165, 1.54) is 19.3 Å². The van der Waals surface area contributed by atoms with Crippen LogP contribution in [0.2, 0.25) is 0 Å². The summed E-state index contributed by atoms with van der Waals surface area (Å²) in [6.45, 7) is 3.73. The zero-order chi connectivity index (χ0) is 12.6. The smallest absolute Gasteiger partial charge is 0.330 e. The molecule has 0 heterocycles. The Morgan fingerprint density at radius 3 is 2.38 bits per heavy atom. The first-order valence-corrected chi connectivity index (χ1v) is 5.45. The number of rotatable bonds is 7. The Kier molecular flexibility index (Phi) is 6.65. The molecule has 0 aromatic heterocycles. The van der Waals surface area contributed by atoms with Gasteiger partial charge in [0, 0.05) is 6.08 Å². The van der Waals surface area contributed by atoms with Gasteiger partial charge in [-0.3, -0.25) is 0 Å². The van der Waals surface area contributed by atoms with Gasteiger partial charge in [-0.2, -0.15) is 0 Å². The van der Waals surface area contributed by atoms with Crippen LogP contribution in [0.25, 0.3) is 0 Å². The van der Waals surface area contributed by atoms with Crippen molar-refractivity contribution in [2.24, 2.45) is 5.41 Å². The minimum Gasteiger partial charge on any atom is -0.466 e. The molecule has 0 saturated heterocycles. The maximum atomic E-state index is 11.0. The van der Waals surface area contributed by atoms with Crippen LogP contribution in [-0.4, -0.2) is 30.6 Å². The molecule has 92 valence electrons. The molecule has 0 saturated carbocycles. The van der Waals surface area contributed by atoms with E-state index in [2.05, 4.69) is 4.74 Å². The summed E-state index contributed by atoms with van der Waals surface area (Å²) in [5, 5.41) is 9.91. The molecule has 0 aromatic rings. The molecule has 0 fully saturated rings. The van der Waals surface area contributed by atoms with Crippen molar-refractivity contribution < 1.29 is 19.4 Å². The largest absolute Gasteiger partial charge is 0.466 e. The Morgan fingerprint density at radius 2 is 2.00 bits per heavy atom. The van der Waals surface area contributed by atoms with Gasteiger partial charge in [-0.1, -0.05) is 19.9 Å². The number of aliphatic hydroxyl groups is 1. The Balaban J connectivity index is 4.43. The predicted octanol–water partition coefficient (Wildman–Crippen LogP) is 1.47. The van der Waals surface area contributed by atoms with Gasteiger partial charge in [0.25, 0.3) is 0 Å². The average Bonchev–Trinajstić information content (AvgIpc) is 2.31. The lowest BCUT2D eigenvalue weighted by atomic mass is 9.77. The predicted molar refractivity (Wildman–Crippen MR) is 60.9 cm³/mol. The van der Waals surface area contributed by atoms with Crippen molar-refractivity contribution >= 4 is 12.3 Å². The summed E-state index contributed by atoms with van der Waals surface area (Å²) in [6.07, 6.45) is 4.27. The molecule has 4 heteroatoms. The molecule has 1 atom stereocenters. The topological polar surface area (TPSA) is 63.6 Å². The zero-order valence-corrected chi connectivity index (χ0v) is 10.1. The molecule has 0 spiro atoms. The third-order valence-electron chi connectivity index (χ3n) is 3.03. The van der Waals surface area contributed by atoms with Gasteiger partial charge in [0.2, 0.25) is 0 Å². The molecular formula is C12H20O4. The first-order valence-electron chi connectivity index (χ1n) is 5.45. The maximum Gasteiger partial charge on any atom is 0.330 e. The number of hydrogen-bond acceptors (Lipinski definition) is 4. The number of ether oxygens (including phenoxy) is 1.